The van der Waals surface area contributed by atoms with Crippen LogP contribution in [0.3, 0.4) is 0 Å². The number of ether oxygens (including phenoxy) is 1. The van der Waals surface area contributed by atoms with Crippen molar-refractivity contribution >= 4 is 57.7 Å². The van der Waals surface area contributed by atoms with Crippen molar-refractivity contribution in [2.75, 3.05) is 18.5 Å². The molecule has 4 rings (SSSR count). The topological polar surface area (TPSA) is 84.4 Å². The summed E-state index contributed by atoms with van der Waals surface area (Å²) >= 11 is 13.1. The van der Waals surface area contributed by atoms with Crippen LogP contribution in [0.2, 0.25) is 10.0 Å². The molecule has 9 heteroatoms. The van der Waals surface area contributed by atoms with Gasteiger partial charge in [-0.05, 0) is 55.0 Å². The molecule has 7 nitrogen and oxygen atoms in total. The zero-order valence-corrected chi connectivity index (χ0v) is 21.8. The lowest BCUT2D eigenvalue weighted by molar-refractivity contribution is -0.122. The molecule has 0 atom stereocenters. The standard InChI is InChI=1S/C28H24Cl2N4O3/c1-18-6-8-20-4-3-5-24(28(20)33-18)37-17-21-22(29)9-10-23(27(21)30)34(2)26(36)16-32-25(35)11-7-19-12-14-31-15-13-19/h3-15H,16-17H2,1-2H3,(H,32,35)/b11-7+. The summed E-state index contributed by atoms with van der Waals surface area (Å²) in [6.07, 6.45) is 6.26. The molecule has 0 aliphatic heterocycles. The average molecular weight is 535 g/mol. The Hall–Kier alpha value is -3.94. The van der Waals surface area contributed by atoms with Crippen molar-refractivity contribution in [1.29, 1.82) is 0 Å². The molecule has 0 radical (unpaired) electrons. The first-order chi connectivity index (χ1) is 17.8. The van der Waals surface area contributed by atoms with E-state index in [4.69, 9.17) is 27.9 Å². The van der Waals surface area contributed by atoms with Crippen LogP contribution in [0.5, 0.6) is 5.75 Å². The molecule has 0 spiro atoms. The van der Waals surface area contributed by atoms with Crippen LogP contribution < -0.4 is 15.0 Å². The minimum absolute atomic E-state index is 0.0822. The number of nitrogens with zero attached hydrogens (tertiary/aromatic N) is 3. The third-order valence-electron chi connectivity index (χ3n) is 5.64. The maximum atomic E-state index is 12.8. The summed E-state index contributed by atoms with van der Waals surface area (Å²) in [5.41, 5.74) is 3.43. The van der Waals surface area contributed by atoms with E-state index in [9.17, 15) is 9.59 Å². The van der Waals surface area contributed by atoms with E-state index in [-0.39, 0.29) is 24.1 Å². The summed E-state index contributed by atoms with van der Waals surface area (Å²) in [5, 5.41) is 4.24. The maximum absolute atomic E-state index is 12.8. The van der Waals surface area contributed by atoms with Crippen molar-refractivity contribution in [3.63, 3.8) is 0 Å². The van der Waals surface area contributed by atoms with Gasteiger partial charge >= 0.3 is 0 Å². The Morgan fingerprint density at radius 3 is 2.62 bits per heavy atom. The summed E-state index contributed by atoms with van der Waals surface area (Å²) in [4.78, 5) is 34.8. The summed E-state index contributed by atoms with van der Waals surface area (Å²) in [6.45, 7) is 1.79. The van der Waals surface area contributed by atoms with Crippen LogP contribution in [0.1, 0.15) is 16.8 Å². The van der Waals surface area contributed by atoms with Gasteiger partial charge in [0, 0.05) is 47.2 Å². The van der Waals surface area contributed by atoms with Gasteiger partial charge in [0.25, 0.3) is 0 Å². The number of hydrogen-bond acceptors (Lipinski definition) is 5. The Labute approximate surface area is 224 Å². The maximum Gasteiger partial charge on any atom is 0.246 e. The van der Waals surface area contributed by atoms with Crippen LogP contribution in [-0.4, -0.2) is 35.4 Å². The lowest BCUT2D eigenvalue weighted by Gasteiger charge is -2.21. The van der Waals surface area contributed by atoms with Crippen LogP contribution in [0.15, 0.2) is 73.1 Å². The molecule has 0 saturated heterocycles. The second-order valence-corrected chi connectivity index (χ2v) is 9.00. The monoisotopic (exact) mass is 534 g/mol. The summed E-state index contributed by atoms with van der Waals surface area (Å²) in [5.74, 6) is -0.144. The van der Waals surface area contributed by atoms with Gasteiger partial charge in [-0.1, -0.05) is 41.4 Å². The molecule has 0 aliphatic carbocycles. The molecule has 0 saturated carbocycles. The number of carbonyl (C=O) groups is 2. The quantitative estimate of drug-likeness (QED) is 0.296. The first-order valence-electron chi connectivity index (χ1n) is 11.4. The normalized spacial score (nSPS) is 11.0. The number of fused-ring (bicyclic) bond motifs is 1. The van der Waals surface area contributed by atoms with E-state index in [2.05, 4.69) is 15.3 Å². The highest BCUT2D eigenvalue weighted by molar-refractivity contribution is 6.38. The fourth-order valence-corrected chi connectivity index (χ4v) is 4.19. The molecule has 0 bridgehead atoms. The molecule has 37 heavy (non-hydrogen) atoms. The van der Waals surface area contributed by atoms with E-state index in [1.807, 2.05) is 37.3 Å². The second kappa shape index (κ2) is 11.9. The molecule has 0 aliphatic rings. The minimum Gasteiger partial charge on any atom is -0.487 e. The van der Waals surface area contributed by atoms with E-state index in [0.717, 1.165) is 22.2 Å². The summed E-state index contributed by atoms with van der Waals surface area (Å²) in [6, 6.07) is 16.5. The first kappa shape index (κ1) is 26.1. The molecule has 1 N–H and O–H groups in total. The molecule has 0 unspecified atom stereocenters. The van der Waals surface area contributed by atoms with Crippen LogP contribution in [-0.2, 0) is 16.2 Å². The van der Waals surface area contributed by atoms with Gasteiger partial charge in [-0.15, -0.1) is 0 Å². The number of nitrogens with one attached hydrogen (secondary N) is 1. The van der Waals surface area contributed by atoms with Crippen LogP contribution >= 0.6 is 23.2 Å². The van der Waals surface area contributed by atoms with E-state index in [1.165, 1.54) is 11.0 Å². The number of carbonyl (C=O) groups excluding carboxylic acids is 2. The molecular weight excluding hydrogens is 511 g/mol. The fourth-order valence-electron chi connectivity index (χ4n) is 3.58. The smallest absolute Gasteiger partial charge is 0.246 e. The van der Waals surface area contributed by atoms with Crippen molar-refractivity contribution in [1.82, 2.24) is 15.3 Å². The van der Waals surface area contributed by atoms with E-state index in [0.29, 0.717) is 22.0 Å². The Kier molecular flexibility index (Phi) is 8.38. The van der Waals surface area contributed by atoms with Gasteiger partial charge in [-0.3, -0.25) is 14.6 Å². The van der Waals surface area contributed by atoms with Crippen LogP contribution in [0.4, 0.5) is 5.69 Å². The molecule has 2 aromatic carbocycles. The summed E-state index contributed by atoms with van der Waals surface area (Å²) in [7, 11) is 1.58. The second-order valence-electron chi connectivity index (χ2n) is 8.21. The van der Waals surface area contributed by atoms with E-state index < -0.39 is 5.91 Å². The van der Waals surface area contributed by atoms with Gasteiger partial charge in [0.05, 0.1) is 17.3 Å². The Morgan fingerprint density at radius 2 is 1.84 bits per heavy atom. The predicted octanol–water partition coefficient (Wildman–Crippen LogP) is 5.62. The predicted molar refractivity (Wildman–Crippen MR) is 147 cm³/mol. The number of benzene rings is 2. The highest BCUT2D eigenvalue weighted by atomic mass is 35.5. The highest BCUT2D eigenvalue weighted by Gasteiger charge is 2.19. The number of rotatable bonds is 8. The zero-order valence-electron chi connectivity index (χ0n) is 20.2. The molecule has 0 fully saturated rings. The van der Waals surface area contributed by atoms with E-state index in [1.54, 1.807) is 49.8 Å². The Morgan fingerprint density at radius 1 is 1.05 bits per heavy atom. The molecule has 188 valence electrons. The third kappa shape index (κ3) is 6.44. The fraction of sp³-hybridized carbons (Fsp3) is 0.143. The SMILES string of the molecule is Cc1ccc2cccc(OCc3c(Cl)ccc(N(C)C(=O)CNC(=O)/C=C/c4ccncc4)c3Cl)c2n1. The highest BCUT2D eigenvalue weighted by Crippen LogP contribution is 2.35. The van der Waals surface area contributed by atoms with Gasteiger partial charge in [0.2, 0.25) is 11.8 Å². The zero-order chi connectivity index (χ0) is 26.4. The van der Waals surface area contributed by atoms with Crippen LogP contribution in [0.25, 0.3) is 17.0 Å². The van der Waals surface area contributed by atoms with Gasteiger partial charge in [0.1, 0.15) is 17.9 Å². The number of aromatic nitrogens is 2. The number of anilines is 1. The number of likely N-dealkylation sites (N-methyl/N-ethyl adjacent to an activating group) is 1. The summed E-state index contributed by atoms with van der Waals surface area (Å²) < 4.78 is 6.06. The number of para-hydroxylation sites is 1. The number of amides is 2. The molecule has 2 amide bonds. The van der Waals surface area contributed by atoms with Gasteiger partial charge in [-0.25, -0.2) is 4.98 Å². The molecular formula is C28H24Cl2N4O3. The lowest BCUT2D eigenvalue weighted by atomic mass is 10.1. The van der Waals surface area contributed by atoms with Crippen LogP contribution in [0, 0.1) is 6.92 Å². The first-order valence-corrected chi connectivity index (χ1v) is 12.2. The lowest BCUT2D eigenvalue weighted by Crippen LogP contribution is -2.37. The Bertz CT molecular complexity index is 1480. The number of hydrogen-bond donors (Lipinski definition) is 1. The molecule has 2 aromatic heterocycles. The van der Waals surface area contributed by atoms with Crippen molar-refractivity contribution in [2.24, 2.45) is 0 Å². The van der Waals surface area contributed by atoms with Gasteiger partial charge in [-0.2, -0.15) is 0 Å². The van der Waals surface area contributed by atoms with Gasteiger partial charge < -0.3 is 15.0 Å². The number of aryl methyl sites for hydroxylation is 1. The van der Waals surface area contributed by atoms with Crippen molar-refractivity contribution in [3.8, 4) is 5.75 Å². The molecule has 2 heterocycles. The van der Waals surface area contributed by atoms with Crippen molar-refractivity contribution in [3.05, 3.63) is 99.9 Å². The minimum atomic E-state index is -0.395. The Balaban J connectivity index is 1.43. The molecule has 4 aromatic rings. The third-order valence-corrected chi connectivity index (χ3v) is 6.42. The van der Waals surface area contributed by atoms with Crippen molar-refractivity contribution < 1.29 is 14.3 Å². The number of pyridine rings is 2. The largest absolute Gasteiger partial charge is 0.487 e. The van der Waals surface area contributed by atoms with Gasteiger partial charge in [0.15, 0.2) is 0 Å². The van der Waals surface area contributed by atoms with Crippen molar-refractivity contribution in [2.45, 2.75) is 13.5 Å². The number of halogens is 2. The van der Waals surface area contributed by atoms with E-state index >= 15 is 0 Å². The average Bonchev–Trinajstić information content (AvgIpc) is 2.90.